The number of ether oxygens (including phenoxy) is 1. The third-order valence-corrected chi connectivity index (χ3v) is 6.88. The molecule has 1 aromatic carbocycles. The number of amides is 1. The monoisotopic (exact) mass is 563 g/mol. The number of hydrogen-bond acceptors (Lipinski definition) is 5. The number of nitrogens with one attached hydrogen (secondary N) is 2. The largest absolute Gasteiger partial charge is 0.493 e. The van der Waals surface area contributed by atoms with Crippen LogP contribution in [-0.2, 0) is 25.7 Å². The van der Waals surface area contributed by atoms with Gasteiger partial charge in [-0.25, -0.2) is 13.2 Å². The van der Waals surface area contributed by atoms with Crippen molar-refractivity contribution in [1.29, 1.82) is 0 Å². The van der Waals surface area contributed by atoms with Crippen LogP contribution in [0.2, 0.25) is 0 Å². The normalized spacial score (nSPS) is 15.0. The topological polar surface area (TPSA) is 87.2 Å². The van der Waals surface area contributed by atoms with E-state index >= 15 is 0 Å². The first-order chi connectivity index (χ1) is 18.9. The fourth-order valence-corrected chi connectivity index (χ4v) is 5.15. The molecular weight excluding hydrogens is 542 g/mol. The van der Waals surface area contributed by atoms with Gasteiger partial charge in [0, 0.05) is 42.8 Å². The second kappa shape index (κ2) is 9.10. The highest BCUT2D eigenvalue weighted by Gasteiger charge is 2.38. The zero-order valence-corrected chi connectivity index (χ0v) is 20.9. The summed E-state index contributed by atoms with van der Waals surface area (Å²) in [6, 6.07) is 3.62. The Morgan fingerprint density at radius 2 is 1.93 bits per heavy atom. The number of nitrogens with zero attached hydrogens (tertiary/aromatic N) is 4. The molecule has 2 N–H and O–H groups in total. The highest BCUT2D eigenvalue weighted by Crippen LogP contribution is 2.36. The summed E-state index contributed by atoms with van der Waals surface area (Å²) in [5, 5.41) is 3.04. The van der Waals surface area contributed by atoms with E-state index < -0.39 is 42.6 Å². The lowest BCUT2D eigenvalue weighted by Gasteiger charge is -2.27. The quantitative estimate of drug-likeness (QED) is 0.276. The third kappa shape index (κ3) is 4.46. The van der Waals surface area contributed by atoms with Crippen LogP contribution in [-0.4, -0.2) is 44.8 Å². The number of fused-ring (bicyclic) bond motifs is 3. The van der Waals surface area contributed by atoms with E-state index in [0.29, 0.717) is 31.3 Å². The minimum absolute atomic E-state index is 0.0156. The summed E-state index contributed by atoms with van der Waals surface area (Å²) in [4.78, 5) is 25.0. The minimum Gasteiger partial charge on any atom is -0.493 e. The maximum absolute atomic E-state index is 14.7. The zero-order chi connectivity index (χ0) is 28.4. The highest BCUT2D eigenvalue weighted by atomic mass is 19.4. The van der Waals surface area contributed by atoms with Gasteiger partial charge in [-0.3, -0.25) is 20.1 Å². The zero-order valence-electron chi connectivity index (χ0n) is 20.9. The number of pyridine rings is 1. The molecule has 4 aromatic rings. The summed E-state index contributed by atoms with van der Waals surface area (Å²) in [7, 11) is 0. The number of rotatable bonds is 5. The van der Waals surface area contributed by atoms with Crippen molar-refractivity contribution < 1.29 is 40.3 Å². The van der Waals surface area contributed by atoms with Crippen molar-refractivity contribution in [3.8, 4) is 16.9 Å². The van der Waals surface area contributed by atoms with Crippen LogP contribution in [0, 0.1) is 5.82 Å². The average Bonchev–Trinajstić information content (AvgIpc) is 3.53. The Morgan fingerprint density at radius 3 is 2.67 bits per heavy atom. The number of carbonyl (C=O) groups is 1. The molecule has 1 amide bonds. The lowest BCUT2D eigenvalue weighted by molar-refractivity contribution is -0.498. The van der Waals surface area contributed by atoms with Gasteiger partial charge < -0.3 is 9.64 Å². The fourth-order valence-electron chi connectivity index (χ4n) is 5.15. The van der Waals surface area contributed by atoms with E-state index in [4.69, 9.17) is 4.74 Å². The first-order valence-electron chi connectivity index (χ1n) is 12.2. The molecule has 0 spiro atoms. The number of hydrogen-bond donors (Lipinski definition) is 2. The van der Waals surface area contributed by atoms with Gasteiger partial charge in [-0.2, -0.15) is 17.6 Å². The summed E-state index contributed by atoms with van der Waals surface area (Å²) < 4.78 is 90.1. The van der Waals surface area contributed by atoms with Crippen molar-refractivity contribution in [2.75, 3.05) is 18.5 Å². The standard InChI is InChI=1S/C26H20F6N6O2/c1-25(28,29)11-37-10-13-6-20(26(30,31)32)33-7-15(13)17-9-35-24(38-12-36-21(22(17)38)23(37)39)34-8-16-14-4-5-40-19(14)3-2-18(16)27/h2-3,6-7,9,12H,4-5,8,10-11H2,1H3,(H,34,35,39)/p+1. The summed E-state index contributed by atoms with van der Waals surface area (Å²) in [6.45, 7) is -0.460. The number of imidazole rings is 1. The molecule has 5 heterocycles. The van der Waals surface area contributed by atoms with Gasteiger partial charge in [-0.05, 0) is 23.8 Å². The first kappa shape index (κ1) is 25.9. The van der Waals surface area contributed by atoms with Crippen molar-refractivity contribution in [3.63, 3.8) is 0 Å². The molecule has 40 heavy (non-hydrogen) atoms. The first-order valence-corrected chi connectivity index (χ1v) is 12.2. The molecule has 0 bridgehead atoms. The van der Waals surface area contributed by atoms with Gasteiger partial charge in [-0.1, -0.05) is 0 Å². The van der Waals surface area contributed by atoms with E-state index in [1.54, 1.807) is 6.07 Å². The van der Waals surface area contributed by atoms with Crippen molar-refractivity contribution in [2.45, 2.75) is 38.5 Å². The van der Waals surface area contributed by atoms with E-state index in [1.807, 2.05) is 0 Å². The van der Waals surface area contributed by atoms with Gasteiger partial charge in [0.15, 0.2) is 12.0 Å². The highest BCUT2D eigenvalue weighted by molar-refractivity contribution is 6.02. The molecule has 8 nitrogen and oxygen atoms in total. The van der Waals surface area contributed by atoms with E-state index in [9.17, 15) is 31.1 Å². The molecular formula is C26H21F6N6O2+. The SMILES string of the molecule is CC(F)(F)CN1Cc2cc(C(F)(F)F)ncc2-c2cnc(NCc3c(F)ccc4c3CCO4)[n+]3c[nH]c(c23)C1=O. The molecule has 208 valence electrons. The summed E-state index contributed by atoms with van der Waals surface area (Å²) in [5.41, 5.74) is 0.480. The molecule has 0 aliphatic carbocycles. The molecule has 0 saturated carbocycles. The van der Waals surface area contributed by atoms with Gasteiger partial charge >= 0.3 is 12.1 Å². The van der Waals surface area contributed by atoms with Crippen LogP contribution in [0.1, 0.15) is 39.8 Å². The molecule has 0 atom stereocenters. The van der Waals surface area contributed by atoms with Gasteiger partial charge in [-0.15, -0.1) is 4.98 Å². The lowest BCUT2D eigenvalue weighted by atomic mass is 9.98. The Kier molecular flexibility index (Phi) is 5.89. The lowest BCUT2D eigenvalue weighted by Crippen LogP contribution is -2.40. The van der Waals surface area contributed by atoms with Gasteiger partial charge in [0.25, 0.3) is 11.8 Å². The Labute approximate surface area is 222 Å². The van der Waals surface area contributed by atoms with E-state index in [2.05, 4.69) is 20.3 Å². The number of benzene rings is 1. The molecule has 0 unspecified atom stereocenters. The predicted molar refractivity (Wildman–Crippen MR) is 128 cm³/mol. The molecule has 0 radical (unpaired) electrons. The number of aromatic amines is 1. The number of aromatic nitrogens is 4. The Bertz CT molecular complexity index is 1660. The maximum atomic E-state index is 14.7. The van der Waals surface area contributed by atoms with Crippen molar-refractivity contribution in [3.05, 3.63) is 70.8 Å². The molecule has 2 aliphatic rings. The number of H-pyrrole nitrogens is 1. The average molecular weight is 563 g/mol. The van der Waals surface area contributed by atoms with Crippen LogP contribution in [0.4, 0.5) is 32.3 Å². The van der Waals surface area contributed by atoms with Crippen molar-refractivity contribution >= 4 is 17.4 Å². The number of anilines is 1. The van der Waals surface area contributed by atoms with Crippen LogP contribution in [0.25, 0.3) is 16.6 Å². The van der Waals surface area contributed by atoms with E-state index in [0.717, 1.165) is 22.7 Å². The number of carbonyl (C=O) groups excluding carboxylic acids is 1. The van der Waals surface area contributed by atoms with Crippen molar-refractivity contribution in [1.82, 2.24) is 19.9 Å². The van der Waals surface area contributed by atoms with E-state index in [-0.39, 0.29) is 40.4 Å². The number of alkyl halides is 5. The van der Waals surface area contributed by atoms with Crippen LogP contribution < -0.4 is 14.5 Å². The van der Waals surface area contributed by atoms with Crippen LogP contribution >= 0.6 is 0 Å². The molecule has 3 aromatic heterocycles. The molecule has 6 rings (SSSR count). The number of halogens is 6. The third-order valence-electron chi connectivity index (χ3n) is 6.88. The second-order valence-electron chi connectivity index (χ2n) is 9.77. The molecule has 14 heteroatoms. The predicted octanol–water partition coefficient (Wildman–Crippen LogP) is 4.53. The molecule has 2 aliphatic heterocycles. The van der Waals surface area contributed by atoms with Gasteiger partial charge in [0.2, 0.25) is 0 Å². The van der Waals surface area contributed by atoms with Gasteiger partial charge in [0.05, 0.1) is 31.5 Å². The minimum atomic E-state index is -4.78. The fraction of sp³-hybridized carbons (Fsp3) is 0.308. The summed E-state index contributed by atoms with van der Waals surface area (Å²) in [6.07, 6.45) is -0.520. The smallest absolute Gasteiger partial charge is 0.433 e. The Morgan fingerprint density at radius 1 is 1.15 bits per heavy atom. The van der Waals surface area contributed by atoms with Crippen LogP contribution in [0.5, 0.6) is 5.75 Å². The Balaban J connectivity index is 1.48. The van der Waals surface area contributed by atoms with E-state index in [1.165, 1.54) is 23.0 Å². The summed E-state index contributed by atoms with van der Waals surface area (Å²) >= 11 is 0. The Hall–Kier alpha value is -4.36. The maximum Gasteiger partial charge on any atom is 0.433 e. The second-order valence-corrected chi connectivity index (χ2v) is 9.77. The van der Waals surface area contributed by atoms with Crippen LogP contribution in [0.15, 0.2) is 36.9 Å². The molecule has 0 saturated heterocycles. The summed E-state index contributed by atoms with van der Waals surface area (Å²) in [5.74, 6) is -3.82. The van der Waals surface area contributed by atoms with Gasteiger partial charge in [0.1, 0.15) is 22.8 Å². The van der Waals surface area contributed by atoms with Crippen LogP contribution in [0.3, 0.4) is 0 Å². The molecule has 0 fully saturated rings. The van der Waals surface area contributed by atoms with Crippen molar-refractivity contribution in [2.24, 2.45) is 0 Å².